The molecule has 0 atom stereocenters. The quantitative estimate of drug-likeness (QED) is 0.794. The number of aromatic nitrogens is 2. The largest absolute Gasteiger partial charge is 0.321 e. The normalized spacial score (nSPS) is 13.8. The number of nitrogens with one attached hydrogen (secondary N) is 1. The Balaban J connectivity index is 1.73. The third-order valence-electron chi connectivity index (χ3n) is 4.56. The van der Waals surface area contributed by atoms with E-state index >= 15 is 0 Å². The van der Waals surface area contributed by atoms with Gasteiger partial charge in [-0.3, -0.25) is 14.6 Å². The summed E-state index contributed by atoms with van der Waals surface area (Å²) in [5, 5.41) is 3.75. The number of rotatable bonds is 4. The van der Waals surface area contributed by atoms with Gasteiger partial charge in [0.15, 0.2) is 0 Å². The number of anilines is 1. The Kier molecular flexibility index (Phi) is 3.84. The predicted octanol–water partition coefficient (Wildman–Crippen LogP) is 3.55. The van der Waals surface area contributed by atoms with E-state index in [-0.39, 0.29) is 11.5 Å². The fraction of sp³-hybridized carbons (Fsp3) is 0.250. The smallest absolute Gasteiger partial charge is 0.256 e. The van der Waals surface area contributed by atoms with E-state index in [0.717, 1.165) is 29.4 Å². The van der Waals surface area contributed by atoms with Gasteiger partial charge >= 0.3 is 0 Å². The lowest BCUT2D eigenvalue weighted by Gasteiger charge is -2.11. The molecule has 5 nitrogen and oxygen atoms in total. The maximum atomic E-state index is 12.9. The minimum atomic E-state index is -0.179. The molecule has 0 bridgehead atoms. The molecule has 1 fully saturated rings. The molecule has 0 saturated heterocycles. The molecular formula is C20H19N3O2. The van der Waals surface area contributed by atoms with Crippen LogP contribution in [-0.2, 0) is 6.54 Å². The summed E-state index contributed by atoms with van der Waals surface area (Å²) in [6.45, 7) is 2.46. The second-order valence-corrected chi connectivity index (χ2v) is 6.38. The number of fused-ring (bicyclic) bond motifs is 1. The summed E-state index contributed by atoms with van der Waals surface area (Å²) in [4.78, 5) is 29.3. The van der Waals surface area contributed by atoms with Crippen molar-refractivity contribution in [3.05, 3.63) is 70.3 Å². The van der Waals surface area contributed by atoms with Crippen molar-refractivity contribution in [2.75, 3.05) is 5.32 Å². The van der Waals surface area contributed by atoms with Gasteiger partial charge in [-0.2, -0.15) is 0 Å². The van der Waals surface area contributed by atoms with Gasteiger partial charge in [0, 0.05) is 35.8 Å². The first-order chi connectivity index (χ1) is 12.2. The molecule has 1 amide bonds. The standard InChI is InChI=1S/C20H19N3O2/c1-2-23-12-14(9-10-19(23)24)21-20(25)16-11-18(13-7-8-13)22-17-6-4-3-5-15(16)17/h3-6,9-13H,2,7-8H2,1H3,(H,21,25). The van der Waals surface area contributed by atoms with Crippen molar-refractivity contribution in [2.24, 2.45) is 0 Å². The number of pyridine rings is 2. The zero-order valence-corrected chi connectivity index (χ0v) is 14.0. The Hall–Kier alpha value is -2.95. The summed E-state index contributed by atoms with van der Waals surface area (Å²) in [6.07, 6.45) is 3.94. The van der Waals surface area contributed by atoms with E-state index in [1.807, 2.05) is 37.3 Å². The van der Waals surface area contributed by atoms with Crippen LogP contribution in [0.3, 0.4) is 0 Å². The van der Waals surface area contributed by atoms with Gasteiger partial charge in [0.1, 0.15) is 0 Å². The monoisotopic (exact) mass is 333 g/mol. The Bertz CT molecular complexity index is 1020. The molecule has 1 aliphatic rings. The summed E-state index contributed by atoms with van der Waals surface area (Å²) >= 11 is 0. The van der Waals surface area contributed by atoms with Crippen molar-refractivity contribution in [3.63, 3.8) is 0 Å². The van der Waals surface area contributed by atoms with E-state index in [1.165, 1.54) is 6.07 Å². The number of hydrogen-bond acceptors (Lipinski definition) is 3. The number of para-hydroxylation sites is 1. The highest BCUT2D eigenvalue weighted by Gasteiger charge is 2.27. The molecule has 3 aromatic rings. The topological polar surface area (TPSA) is 64.0 Å². The van der Waals surface area contributed by atoms with E-state index in [1.54, 1.807) is 16.8 Å². The molecule has 0 aliphatic heterocycles. The van der Waals surface area contributed by atoms with Crippen LogP contribution in [0.5, 0.6) is 0 Å². The number of hydrogen-bond donors (Lipinski definition) is 1. The van der Waals surface area contributed by atoms with Crippen LogP contribution in [0.1, 0.15) is 41.7 Å². The Morgan fingerprint density at radius 2 is 2.04 bits per heavy atom. The average molecular weight is 333 g/mol. The summed E-state index contributed by atoms with van der Waals surface area (Å²) < 4.78 is 1.57. The molecule has 1 N–H and O–H groups in total. The van der Waals surface area contributed by atoms with E-state index in [2.05, 4.69) is 5.32 Å². The molecule has 5 heteroatoms. The Labute approximate surface area is 145 Å². The Morgan fingerprint density at radius 1 is 1.24 bits per heavy atom. The summed E-state index contributed by atoms with van der Waals surface area (Å²) in [7, 11) is 0. The minimum absolute atomic E-state index is 0.0779. The van der Waals surface area contributed by atoms with E-state index < -0.39 is 0 Å². The lowest BCUT2D eigenvalue weighted by molar-refractivity contribution is 0.102. The maximum absolute atomic E-state index is 12.9. The summed E-state index contributed by atoms with van der Waals surface area (Å²) in [5.41, 5.74) is 2.99. The molecule has 0 radical (unpaired) electrons. The van der Waals surface area contributed by atoms with E-state index in [4.69, 9.17) is 4.98 Å². The van der Waals surface area contributed by atoms with Gasteiger partial charge < -0.3 is 9.88 Å². The maximum Gasteiger partial charge on any atom is 0.256 e. The first kappa shape index (κ1) is 15.6. The van der Waals surface area contributed by atoms with Crippen LogP contribution in [0.25, 0.3) is 10.9 Å². The van der Waals surface area contributed by atoms with Gasteiger partial charge in [-0.15, -0.1) is 0 Å². The number of nitrogens with zero attached hydrogens (tertiary/aromatic N) is 2. The number of amides is 1. The second-order valence-electron chi connectivity index (χ2n) is 6.38. The fourth-order valence-electron chi connectivity index (χ4n) is 3.02. The molecule has 126 valence electrons. The van der Waals surface area contributed by atoms with Crippen molar-refractivity contribution in [2.45, 2.75) is 32.2 Å². The number of benzene rings is 1. The highest BCUT2D eigenvalue weighted by molar-refractivity contribution is 6.12. The van der Waals surface area contributed by atoms with Crippen LogP contribution in [0, 0.1) is 0 Å². The van der Waals surface area contributed by atoms with Gasteiger partial charge in [-0.05, 0) is 38.0 Å². The van der Waals surface area contributed by atoms with Crippen LogP contribution in [0.2, 0.25) is 0 Å². The van der Waals surface area contributed by atoms with E-state index in [9.17, 15) is 9.59 Å². The number of aryl methyl sites for hydroxylation is 1. The average Bonchev–Trinajstić information content (AvgIpc) is 3.47. The highest BCUT2D eigenvalue weighted by Crippen LogP contribution is 2.40. The molecule has 2 aromatic heterocycles. The number of carbonyl (C=O) groups is 1. The molecule has 0 unspecified atom stereocenters. The molecule has 2 heterocycles. The third-order valence-corrected chi connectivity index (χ3v) is 4.56. The number of carbonyl (C=O) groups excluding carboxylic acids is 1. The first-order valence-corrected chi connectivity index (χ1v) is 8.57. The molecule has 1 aliphatic carbocycles. The van der Waals surface area contributed by atoms with Gasteiger partial charge in [0.2, 0.25) is 0 Å². The van der Waals surface area contributed by atoms with Gasteiger partial charge in [-0.1, -0.05) is 18.2 Å². The highest BCUT2D eigenvalue weighted by atomic mass is 16.1. The molecular weight excluding hydrogens is 314 g/mol. The first-order valence-electron chi connectivity index (χ1n) is 8.57. The zero-order chi connectivity index (χ0) is 17.4. The van der Waals surface area contributed by atoms with Crippen LogP contribution in [0.4, 0.5) is 5.69 Å². The minimum Gasteiger partial charge on any atom is -0.321 e. The van der Waals surface area contributed by atoms with Gasteiger partial charge in [0.05, 0.1) is 16.8 Å². The second kappa shape index (κ2) is 6.16. The molecule has 4 rings (SSSR count). The molecule has 25 heavy (non-hydrogen) atoms. The summed E-state index contributed by atoms with van der Waals surface area (Å²) in [5.74, 6) is 0.292. The van der Waals surface area contributed by atoms with E-state index in [0.29, 0.717) is 23.7 Å². The van der Waals surface area contributed by atoms with Crippen LogP contribution in [-0.4, -0.2) is 15.5 Å². The summed E-state index contributed by atoms with van der Waals surface area (Å²) in [6, 6.07) is 12.7. The fourth-order valence-corrected chi connectivity index (χ4v) is 3.02. The van der Waals surface area contributed by atoms with Crippen molar-refractivity contribution in [3.8, 4) is 0 Å². The van der Waals surface area contributed by atoms with Crippen LogP contribution < -0.4 is 10.9 Å². The zero-order valence-electron chi connectivity index (χ0n) is 14.0. The van der Waals surface area contributed by atoms with Gasteiger partial charge in [-0.25, -0.2) is 0 Å². The van der Waals surface area contributed by atoms with Crippen LogP contribution in [0.15, 0.2) is 53.5 Å². The molecule has 0 spiro atoms. The van der Waals surface area contributed by atoms with Crippen molar-refractivity contribution >= 4 is 22.5 Å². The molecule has 1 saturated carbocycles. The third kappa shape index (κ3) is 3.05. The lowest BCUT2D eigenvalue weighted by Crippen LogP contribution is -2.20. The predicted molar refractivity (Wildman–Crippen MR) is 98.0 cm³/mol. The SMILES string of the molecule is CCn1cc(NC(=O)c2cc(C3CC3)nc3ccccc23)ccc1=O. The van der Waals surface area contributed by atoms with Gasteiger partial charge in [0.25, 0.3) is 11.5 Å². The van der Waals surface area contributed by atoms with Crippen molar-refractivity contribution in [1.29, 1.82) is 0 Å². The Morgan fingerprint density at radius 3 is 2.80 bits per heavy atom. The van der Waals surface area contributed by atoms with Crippen LogP contribution >= 0.6 is 0 Å². The van der Waals surface area contributed by atoms with Crippen molar-refractivity contribution in [1.82, 2.24) is 9.55 Å². The van der Waals surface area contributed by atoms with Crippen molar-refractivity contribution < 1.29 is 4.79 Å². The molecule has 1 aromatic carbocycles. The lowest BCUT2D eigenvalue weighted by atomic mass is 10.1.